The van der Waals surface area contributed by atoms with E-state index in [4.69, 9.17) is 14.2 Å². The molecule has 5 heteroatoms. The van der Waals surface area contributed by atoms with E-state index in [2.05, 4.69) is 75.4 Å². The van der Waals surface area contributed by atoms with Crippen molar-refractivity contribution in [3.05, 3.63) is 72.8 Å². The first-order valence-corrected chi connectivity index (χ1v) is 33.0. The summed E-state index contributed by atoms with van der Waals surface area (Å²) in [6.07, 6.45) is 56.5. The highest BCUT2D eigenvalue weighted by Gasteiger charge is 2.39. The maximum absolute atomic E-state index is 13.3. The third-order valence-electron chi connectivity index (χ3n) is 15.1. The lowest BCUT2D eigenvalue weighted by atomic mass is 10.0. The lowest BCUT2D eigenvalue weighted by molar-refractivity contribution is 0.304. The van der Waals surface area contributed by atoms with Gasteiger partial charge in [-0.2, -0.15) is 0 Å². The lowest BCUT2D eigenvalue weighted by Crippen LogP contribution is -2.67. The smallest absolute Gasteiger partial charge is 0.286 e. The molecule has 0 saturated carbocycles. The fraction of sp³-hybridized carbons (Fsp3) is 0.727. The third-order valence-corrected chi connectivity index (χ3v) is 18.5. The number of rotatable bonds is 51. The largest absolute Gasteiger partial charge is 0.494 e. The summed E-state index contributed by atoms with van der Waals surface area (Å²) in [6, 6.07) is 24.9. The standard InChI is InChI=1S/C66H112O4Si/c1-4-7-10-13-16-19-22-25-28-31-34-37-40-43-55-68-61-49-46-52-64(58-61)71(67,65-53-47-50-62(59-65)69-56-44-41-38-35-32-29-26-23-20-17-14-11-8-5-2)66-54-48-51-63(60-66)70-57-45-42-39-36-33-30-27-24-21-18-15-12-9-6-3/h46-54,58-60,67H,4-45,55-57H2,1-3H3. The monoisotopic (exact) mass is 997 g/mol. The Labute approximate surface area is 441 Å². The van der Waals surface area contributed by atoms with Gasteiger partial charge in [-0.3, -0.25) is 0 Å². The molecule has 0 radical (unpaired) electrons. The summed E-state index contributed by atoms with van der Waals surface area (Å²) in [6.45, 7) is 8.99. The minimum Gasteiger partial charge on any atom is -0.494 e. The Morgan fingerprint density at radius 2 is 0.451 bits per heavy atom. The molecule has 0 aromatic heterocycles. The third kappa shape index (κ3) is 30.9. The van der Waals surface area contributed by atoms with Crippen LogP contribution in [-0.4, -0.2) is 32.9 Å². The summed E-state index contributed by atoms with van der Waals surface area (Å²) in [7, 11) is -3.48. The molecule has 3 aromatic rings. The quantitative estimate of drug-likeness (QED) is 0.0348. The van der Waals surface area contributed by atoms with Crippen LogP contribution in [0, 0.1) is 0 Å². The Morgan fingerprint density at radius 3 is 0.648 bits per heavy atom. The fourth-order valence-electron chi connectivity index (χ4n) is 10.4. The van der Waals surface area contributed by atoms with Gasteiger partial charge in [-0.05, 0) is 71.2 Å². The van der Waals surface area contributed by atoms with Crippen molar-refractivity contribution in [2.24, 2.45) is 0 Å². The number of hydrogen-bond donors (Lipinski definition) is 1. The van der Waals surface area contributed by atoms with Crippen molar-refractivity contribution in [2.45, 2.75) is 290 Å². The van der Waals surface area contributed by atoms with Crippen molar-refractivity contribution in [1.29, 1.82) is 0 Å². The summed E-state index contributed by atoms with van der Waals surface area (Å²) in [5.74, 6) is 2.50. The second-order valence-corrected chi connectivity index (χ2v) is 24.8. The first kappa shape index (κ1) is 62.5. The van der Waals surface area contributed by atoms with Crippen molar-refractivity contribution in [3.8, 4) is 17.2 Å². The van der Waals surface area contributed by atoms with E-state index in [1.165, 1.54) is 250 Å². The highest BCUT2D eigenvalue weighted by atomic mass is 28.4. The number of benzene rings is 3. The van der Waals surface area contributed by atoms with Crippen LogP contribution in [0.5, 0.6) is 17.2 Å². The molecule has 0 fully saturated rings. The van der Waals surface area contributed by atoms with Gasteiger partial charge in [0.15, 0.2) is 0 Å². The van der Waals surface area contributed by atoms with Gasteiger partial charge in [-0.15, -0.1) is 0 Å². The van der Waals surface area contributed by atoms with Gasteiger partial charge < -0.3 is 19.0 Å². The molecule has 3 aromatic carbocycles. The Kier molecular flexibility index (Phi) is 39.4. The zero-order valence-corrected chi connectivity index (χ0v) is 47.9. The summed E-state index contributed by atoms with van der Waals surface area (Å²) in [4.78, 5) is 13.3. The van der Waals surface area contributed by atoms with Gasteiger partial charge in [0.05, 0.1) is 19.8 Å². The molecule has 0 bridgehead atoms. The fourth-order valence-corrected chi connectivity index (χ4v) is 13.5. The Morgan fingerprint density at radius 1 is 0.268 bits per heavy atom. The number of unbranched alkanes of at least 4 members (excludes halogenated alkanes) is 39. The Bertz CT molecular complexity index is 1440. The molecule has 1 N–H and O–H groups in total. The maximum Gasteiger partial charge on any atom is 0.286 e. The van der Waals surface area contributed by atoms with Gasteiger partial charge in [0.25, 0.3) is 8.32 Å². The molecule has 0 unspecified atom stereocenters. The molecule has 0 saturated heterocycles. The van der Waals surface area contributed by atoms with Crippen LogP contribution in [0.3, 0.4) is 0 Å². The summed E-state index contributed by atoms with van der Waals surface area (Å²) in [5, 5.41) is 2.76. The molecular formula is C66H112O4Si. The zero-order valence-electron chi connectivity index (χ0n) is 46.9. The molecule has 0 heterocycles. The average Bonchev–Trinajstić information content (AvgIpc) is 3.39. The van der Waals surface area contributed by atoms with Gasteiger partial charge in [0, 0.05) is 0 Å². The van der Waals surface area contributed by atoms with Crippen molar-refractivity contribution >= 4 is 23.9 Å². The molecular weight excluding hydrogens is 885 g/mol. The molecule has 0 aliphatic heterocycles. The van der Waals surface area contributed by atoms with Crippen molar-refractivity contribution < 1.29 is 19.0 Å². The molecule has 0 amide bonds. The van der Waals surface area contributed by atoms with E-state index < -0.39 is 8.32 Å². The molecule has 3 rings (SSSR count). The van der Waals surface area contributed by atoms with Crippen LogP contribution >= 0.6 is 0 Å². The van der Waals surface area contributed by atoms with Gasteiger partial charge >= 0.3 is 0 Å². The molecule has 0 spiro atoms. The van der Waals surface area contributed by atoms with E-state index >= 15 is 0 Å². The molecule has 4 nitrogen and oxygen atoms in total. The Hall–Kier alpha value is -2.76. The van der Waals surface area contributed by atoms with Crippen LogP contribution in [0.15, 0.2) is 72.8 Å². The highest BCUT2D eigenvalue weighted by molar-refractivity contribution is 7.06. The van der Waals surface area contributed by atoms with Gasteiger partial charge in [-0.25, -0.2) is 0 Å². The molecule has 0 aliphatic rings. The van der Waals surface area contributed by atoms with Gasteiger partial charge in [0.2, 0.25) is 0 Å². The van der Waals surface area contributed by atoms with E-state index in [0.29, 0.717) is 19.8 Å². The highest BCUT2D eigenvalue weighted by Crippen LogP contribution is 2.20. The molecule has 0 aliphatic carbocycles. The minimum absolute atomic E-state index is 0.701. The van der Waals surface area contributed by atoms with Gasteiger partial charge in [-0.1, -0.05) is 308 Å². The van der Waals surface area contributed by atoms with Crippen LogP contribution in [0.4, 0.5) is 0 Å². The first-order valence-electron chi connectivity index (χ1n) is 31.0. The van der Waals surface area contributed by atoms with Crippen LogP contribution in [0.2, 0.25) is 0 Å². The van der Waals surface area contributed by atoms with Crippen LogP contribution in [0.25, 0.3) is 0 Å². The predicted molar refractivity (Wildman–Crippen MR) is 314 cm³/mol. The van der Waals surface area contributed by atoms with E-state index in [0.717, 1.165) is 52.1 Å². The molecule has 404 valence electrons. The van der Waals surface area contributed by atoms with Crippen molar-refractivity contribution in [1.82, 2.24) is 0 Å². The van der Waals surface area contributed by atoms with E-state index in [1.807, 2.05) is 18.2 Å². The predicted octanol–water partition coefficient (Wildman–Crippen LogP) is 19.2. The summed E-state index contributed by atoms with van der Waals surface area (Å²) in [5.41, 5.74) is 0. The number of ether oxygens (including phenoxy) is 3. The maximum atomic E-state index is 13.3. The van der Waals surface area contributed by atoms with Gasteiger partial charge in [0.1, 0.15) is 17.2 Å². The first-order chi connectivity index (χ1) is 35.1. The Balaban J connectivity index is 1.51. The van der Waals surface area contributed by atoms with Crippen LogP contribution in [0.1, 0.15) is 290 Å². The van der Waals surface area contributed by atoms with E-state index in [9.17, 15) is 4.80 Å². The van der Waals surface area contributed by atoms with Crippen LogP contribution < -0.4 is 29.8 Å². The topological polar surface area (TPSA) is 47.9 Å². The molecule has 71 heavy (non-hydrogen) atoms. The van der Waals surface area contributed by atoms with Crippen LogP contribution in [-0.2, 0) is 0 Å². The van der Waals surface area contributed by atoms with E-state index in [1.54, 1.807) is 0 Å². The SMILES string of the molecule is CCCCCCCCCCCCCCCCOc1cccc([Si](O)(c2cccc(OCCCCCCCCCCCCCCCC)c2)c2cccc(OCCCCCCCCCCCCCCCC)c2)c1. The zero-order chi connectivity index (χ0) is 50.4. The summed E-state index contributed by atoms with van der Waals surface area (Å²) >= 11 is 0. The lowest BCUT2D eigenvalue weighted by Gasteiger charge is -2.28. The normalized spacial score (nSPS) is 11.7. The minimum atomic E-state index is -3.48. The summed E-state index contributed by atoms with van der Waals surface area (Å²) < 4.78 is 19.2. The number of hydrogen-bond acceptors (Lipinski definition) is 4. The average molecular weight is 998 g/mol. The second kappa shape index (κ2) is 44.7. The second-order valence-electron chi connectivity index (χ2n) is 21.6. The van der Waals surface area contributed by atoms with E-state index in [-0.39, 0.29) is 0 Å². The van der Waals surface area contributed by atoms with Crippen molar-refractivity contribution in [3.63, 3.8) is 0 Å². The molecule has 0 atom stereocenters. The van der Waals surface area contributed by atoms with Crippen molar-refractivity contribution in [2.75, 3.05) is 19.8 Å².